The second-order valence-corrected chi connectivity index (χ2v) is 8.46. The molecular formula is C22H24F6N2O4. The van der Waals surface area contributed by atoms with E-state index in [9.17, 15) is 40.7 Å². The molecule has 2 atom stereocenters. The molecule has 1 aromatic carbocycles. The first-order chi connectivity index (χ1) is 15.8. The Labute approximate surface area is 191 Å². The van der Waals surface area contributed by atoms with Crippen LogP contribution in [0.4, 0.5) is 26.3 Å². The number of carbonyl (C=O) groups excluding carboxylic acids is 3. The van der Waals surface area contributed by atoms with Gasteiger partial charge in [0.2, 0.25) is 11.8 Å². The second kappa shape index (κ2) is 9.83. The first-order valence-corrected chi connectivity index (χ1v) is 10.8. The van der Waals surface area contributed by atoms with E-state index in [0.29, 0.717) is 31.5 Å². The number of ether oxygens (including phenoxy) is 1. The van der Waals surface area contributed by atoms with Crippen molar-refractivity contribution in [3.05, 3.63) is 34.9 Å². The Kier molecular flexibility index (Phi) is 7.47. The average Bonchev–Trinajstić information content (AvgIpc) is 3.12. The molecule has 0 aliphatic carbocycles. The first kappa shape index (κ1) is 25.8. The number of hydrogen-bond acceptors (Lipinski definition) is 4. The van der Waals surface area contributed by atoms with Crippen LogP contribution in [0.2, 0.25) is 0 Å². The van der Waals surface area contributed by atoms with Crippen LogP contribution in [0.15, 0.2) is 18.2 Å². The van der Waals surface area contributed by atoms with Crippen LogP contribution in [-0.4, -0.2) is 53.8 Å². The van der Waals surface area contributed by atoms with Gasteiger partial charge in [0.1, 0.15) is 0 Å². The summed E-state index contributed by atoms with van der Waals surface area (Å²) < 4.78 is 83.6. The van der Waals surface area contributed by atoms with E-state index in [0.717, 1.165) is 4.90 Å². The van der Waals surface area contributed by atoms with Crippen molar-refractivity contribution in [1.82, 2.24) is 9.80 Å². The van der Waals surface area contributed by atoms with Crippen molar-refractivity contribution in [2.24, 2.45) is 11.8 Å². The molecule has 1 aromatic rings. The summed E-state index contributed by atoms with van der Waals surface area (Å²) in [6, 6.07) is 1.18. The van der Waals surface area contributed by atoms with Crippen molar-refractivity contribution < 1.29 is 45.5 Å². The van der Waals surface area contributed by atoms with Gasteiger partial charge in [-0.3, -0.25) is 14.4 Å². The smallest absolute Gasteiger partial charge is 0.416 e. The zero-order valence-corrected chi connectivity index (χ0v) is 18.3. The van der Waals surface area contributed by atoms with Gasteiger partial charge in [-0.2, -0.15) is 26.3 Å². The molecule has 0 bridgehead atoms. The third kappa shape index (κ3) is 6.01. The summed E-state index contributed by atoms with van der Waals surface area (Å²) in [5.74, 6) is -2.58. The van der Waals surface area contributed by atoms with Crippen LogP contribution in [0, 0.1) is 11.8 Å². The highest BCUT2D eigenvalue weighted by Gasteiger charge is 2.40. The van der Waals surface area contributed by atoms with E-state index in [1.54, 1.807) is 6.92 Å². The number of halogens is 6. The Morgan fingerprint density at radius 1 is 1.00 bits per heavy atom. The molecule has 2 fully saturated rings. The number of nitrogens with zero attached hydrogens (tertiary/aromatic N) is 2. The standard InChI is InChI=1S/C22H24F6N2O4/c1-2-34-20(33)14-4-3-5-29(11-14)19(32)15-8-18(31)30(12-15)10-13-6-16(21(23,24)25)9-17(7-13)22(26,27)28/h6-7,9,14-15H,2-5,8,10-12H2,1H3/t14-,15+/m0/s1. The minimum atomic E-state index is -4.99. The third-order valence-electron chi connectivity index (χ3n) is 5.94. The summed E-state index contributed by atoms with van der Waals surface area (Å²) in [5, 5.41) is 0. The molecule has 3 rings (SSSR count). The van der Waals surface area contributed by atoms with E-state index in [1.165, 1.54) is 4.90 Å². The van der Waals surface area contributed by atoms with Crippen molar-refractivity contribution in [2.45, 2.75) is 45.1 Å². The van der Waals surface area contributed by atoms with E-state index in [-0.39, 0.29) is 43.7 Å². The van der Waals surface area contributed by atoms with E-state index in [1.807, 2.05) is 0 Å². The van der Waals surface area contributed by atoms with Gasteiger partial charge in [0.15, 0.2) is 0 Å². The largest absolute Gasteiger partial charge is 0.466 e. The van der Waals surface area contributed by atoms with Crippen LogP contribution < -0.4 is 0 Å². The molecule has 12 heteroatoms. The average molecular weight is 494 g/mol. The fourth-order valence-electron chi connectivity index (χ4n) is 4.31. The number of benzene rings is 1. The van der Waals surface area contributed by atoms with E-state index < -0.39 is 53.7 Å². The van der Waals surface area contributed by atoms with Crippen molar-refractivity contribution in [3.63, 3.8) is 0 Å². The Morgan fingerprint density at radius 2 is 1.62 bits per heavy atom. The molecule has 34 heavy (non-hydrogen) atoms. The molecule has 188 valence electrons. The minimum Gasteiger partial charge on any atom is -0.466 e. The quantitative estimate of drug-likeness (QED) is 0.461. The Hall–Kier alpha value is -2.79. The number of hydrogen-bond donors (Lipinski definition) is 0. The van der Waals surface area contributed by atoms with Gasteiger partial charge < -0.3 is 14.5 Å². The fraction of sp³-hybridized carbons (Fsp3) is 0.591. The zero-order chi connectivity index (χ0) is 25.3. The summed E-state index contributed by atoms with van der Waals surface area (Å²) >= 11 is 0. The number of amides is 2. The van der Waals surface area contributed by atoms with Crippen LogP contribution in [0.25, 0.3) is 0 Å². The van der Waals surface area contributed by atoms with Crippen molar-refractivity contribution in [3.8, 4) is 0 Å². The molecule has 0 radical (unpaired) electrons. The lowest BCUT2D eigenvalue weighted by atomic mass is 9.96. The molecular weight excluding hydrogens is 470 g/mol. The summed E-state index contributed by atoms with van der Waals surface area (Å²) in [4.78, 5) is 39.9. The van der Waals surface area contributed by atoms with Crippen molar-refractivity contribution >= 4 is 17.8 Å². The fourth-order valence-corrected chi connectivity index (χ4v) is 4.31. The lowest BCUT2D eigenvalue weighted by Gasteiger charge is -2.33. The van der Waals surface area contributed by atoms with Crippen LogP contribution in [0.1, 0.15) is 42.9 Å². The highest BCUT2D eigenvalue weighted by atomic mass is 19.4. The third-order valence-corrected chi connectivity index (χ3v) is 5.94. The van der Waals surface area contributed by atoms with Crippen molar-refractivity contribution in [2.75, 3.05) is 26.2 Å². The van der Waals surface area contributed by atoms with E-state index in [4.69, 9.17) is 4.74 Å². The second-order valence-electron chi connectivity index (χ2n) is 8.46. The minimum absolute atomic E-state index is 0.0257. The van der Waals surface area contributed by atoms with Crippen LogP contribution in [-0.2, 0) is 38.0 Å². The number of alkyl halides is 6. The van der Waals surface area contributed by atoms with Gasteiger partial charge in [0.25, 0.3) is 0 Å². The Bertz CT molecular complexity index is 914. The molecule has 0 N–H and O–H groups in total. The number of carbonyl (C=O) groups is 3. The van der Waals surface area contributed by atoms with Gasteiger partial charge in [-0.25, -0.2) is 0 Å². The number of rotatable bonds is 5. The maximum absolute atomic E-state index is 13.1. The van der Waals surface area contributed by atoms with Crippen molar-refractivity contribution in [1.29, 1.82) is 0 Å². The first-order valence-electron chi connectivity index (χ1n) is 10.8. The van der Waals surface area contributed by atoms with Gasteiger partial charge in [-0.1, -0.05) is 0 Å². The lowest BCUT2D eigenvalue weighted by Crippen LogP contribution is -2.45. The maximum Gasteiger partial charge on any atom is 0.416 e. The number of likely N-dealkylation sites (tertiary alicyclic amines) is 2. The molecule has 6 nitrogen and oxygen atoms in total. The normalized spacial score (nSPS) is 21.7. The molecule has 2 aliphatic rings. The van der Waals surface area contributed by atoms with Gasteiger partial charge in [-0.05, 0) is 43.5 Å². The molecule has 2 saturated heterocycles. The Balaban J connectivity index is 1.71. The monoisotopic (exact) mass is 494 g/mol. The molecule has 0 spiro atoms. The molecule has 2 aliphatic heterocycles. The Morgan fingerprint density at radius 3 is 2.18 bits per heavy atom. The molecule has 2 amide bonds. The number of esters is 1. The van der Waals surface area contributed by atoms with Crippen LogP contribution in [0.3, 0.4) is 0 Å². The van der Waals surface area contributed by atoms with Gasteiger partial charge >= 0.3 is 18.3 Å². The van der Waals surface area contributed by atoms with Crippen LogP contribution >= 0.6 is 0 Å². The molecule has 0 saturated carbocycles. The zero-order valence-electron chi connectivity index (χ0n) is 18.3. The predicted molar refractivity (Wildman–Crippen MR) is 106 cm³/mol. The molecule has 2 heterocycles. The molecule has 0 unspecified atom stereocenters. The SMILES string of the molecule is CCOC(=O)[C@H]1CCCN(C(=O)[C@@H]2CC(=O)N(Cc3cc(C(F)(F)F)cc(C(F)(F)F)c3)C2)C1. The van der Waals surface area contributed by atoms with Crippen LogP contribution in [0.5, 0.6) is 0 Å². The summed E-state index contributed by atoms with van der Waals surface area (Å²) in [6.07, 6.45) is -9.05. The van der Waals surface area contributed by atoms with Gasteiger partial charge in [-0.15, -0.1) is 0 Å². The number of piperidine rings is 1. The highest BCUT2D eigenvalue weighted by molar-refractivity contribution is 5.89. The van der Waals surface area contributed by atoms with E-state index in [2.05, 4.69) is 0 Å². The molecule has 0 aromatic heterocycles. The summed E-state index contributed by atoms with van der Waals surface area (Å²) in [5.41, 5.74) is -3.26. The predicted octanol–water partition coefficient (Wildman–Crippen LogP) is 3.87. The summed E-state index contributed by atoms with van der Waals surface area (Å²) in [6.45, 7) is 1.80. The van der Waals surface area contributed by atoms with Gasteiger partial charge in [0.05, 0.1) is 29.6 Å². The topological polar surface area (TPSA) is 66.9 Å². The van der Waals surface area contributed by atoms with Gasteiger partial charge in [0, 0.05) is 32.6 Å². The summed E-state index contributed by atoms with van der Waals surface area (Å²) in [7, 11) is 0. The lowest BCUT2D eigenvalue weighted by molar-refractivity contribution is -0.152. The highest BCUT2D eigenvalue weighted by Crippen LogP contribution is 2.37. The van der Waals surface area contributed by atoms with E-state index >= 15 is 0 Å². The maximum atomic E-state index is 13.1.